The van der Waals surface area contributed by atoms with E-state index < -0.39 is 0 Å². The molecule has 0 spiro atoms. The average molecular weight is 364 g/mol. The van der Waals surface area contributed by atoms with Crippen LogP contribution in [0.1, 0.15) is 27.3 Å². The number of nitrogens with zero attached hydrogens (tertiary/aromatic N) is 4. The molecule has 0 fully saturated rings. The topological polar surface area (TPSA) is 102 Å². The molecule has 0 atom stereocenters. The van der Waals surface area contributed by atoms with Gasteiger partial charge in [0.15, 0.2) is 0 Å². The summed E-state index contributed by atoms with van der Waals surface area (Å²) in [7, 11) is 0. The molecule has 138 valence electrons. The van der Waals surface area contributed by atoms with Gasteiger partial charge in [-0.25, -0.2) is 14.6 Å². The summed E-state index contributed by atoms with van der Waals surface area (Å²) in [6, 6.07) is 8.71. The third kappa shape index (κ3) is 4.17. The Labute approximate surface area is 156 Å². The fraction of sp³-hybridized carbons (Fsp3) is 0.211. The van der Waals surface area contributed by atoms with Crippen LogP contribution in [-0.4, -0.2) is 38.1 Å². The minimum atomic E-state index is -0.363. The van der Waals surface area contributed by atoms with Crippen LogP contribution in [0.4, 0.5) is 5.69 Å². The van der Waals surface area contributed by atoms with E-state index in [1.807, 2.05) is 26.8 Å². The Morgan fingerprint density at radius 1 is 1.04 bits per heavy atom. The molecule has 0 aliphatic carbocycles. The number of anilines is 1. The molecule has 2 aromatic heterocycles. The minimum Gasteiger partial charge on any atom is -0.343 e. The first-order valence-corrected chi connectivity index (χ1v) is 8.44. The summed E-state index contributed by atoms with van der Waals surface area (Å²) in [5.41, 5.74) is 3.91. The van der Waals surface area contributed by atoms with E-state index >= 15 is 0 Å². The first kappa shape index (κ1) is 18.2. The largest absolute Gasteiger partial charge is 0.343 e. The predicted molar refractivity (Wildman–Crippen MR) is 101 cm³/mol. The zero-order chi connectivity index (χ0) is 19.4. The maximum Gasteiger partial charge on any atom is 0.251 e. The number of aryl methyl sites for hydroxylation is 1. The molecule has 3 rings (SSSR count). The van der Waals surface area contributed by atoms with Gasteiger partial charge in [0.05, 0.1) is 30.3 Å². The third-order valence-electron chi connectivity index (χ3n) is 4.21. The van der Waals surface area contributed by atoms with Gasteiger partial charge in [-0.15, -0.1) is 0 Å². The molecule has 2 heterocycles. The Hall–Kier alpha value is -3.55. The number of carbonyl (C=O) groups excluding carboxylic acids is 2. The van der Waals surface area contributed by atoms with Crippen LogP contribution >= 0.6 is 0 Å². The van der Waals surface area contributed by atoms with Gasteiger partial charge < -0.3 is 10.6 Å². The Balaban J connectivity index is 1.58. The van der Waals surface area contributed by atoms with Crippen LogP contribution in [0, 0.1) is 20.8 Å². The highest BCUT2D eigenvalue weighted by Crippen LogP contribution is 2.14. The maximum absolute atomic E-state index is 12.0. The van der Waals surface area contributed by atoms with Crippen LogP contribution in [0.5, 0.6) is 0 Å². The van der Waals surface area contributed by atoms with E-state index in [-0.39, 0.29) is 18.4 Å². The maximum atomic E-state index is 12.0. The highest BCUT2D eigenvalue weighted by atomic mass is 16.2. The molecule has 2 amide bonds. The van der Waals surface area contributed by atoms with Crippen molar-refractivity contribution >= 4 is 17.5 Å². The summed E-state index contributed by atoms with van der Waals surface area (Å²) in [4.78, 5) is 32.4. The Bertz CT molecular complexity index is 964. The van der Waals surface area contributed by atoms with Gasteiger partial charge in [-0.05, 0) is 38.5 Å². The van der Waals surface area contributed by atoms with E-state index in [9.17, 15) is 9.59 Å². The summed E-state index contributed by atoms with van der Waals surface area (Å²) < 4.78 is 1.66. The lowest BCUT2D eigenvalue weighted by molar-refractivity contribution is -0.115. The molecule has 0 unspecified atom stereocenters. The van der Waals surface area contributed by atoms with E-state index in [2.05, 4.69) is 25.7 Å². The monoisotopic (exact) mass is 364 g/mol. The van der Waals surface area contributed by atoms with E-state index in [4.69, 9.17) is 0 Å². The molecule has 0 saturated carbocycles. The number of amides is 2. The molecule has 27 heavy (non-hydrogen) atoms. The van der Waals surface area contributed by atoms with Crippen molar-refractivity contribution in [1.82, 2.24) is 25.1 Å². The summed E-state index contributed by atoms with van der Waals surface area (Å²) in [6.07, 6.45) is 3.01. The number of hydrogen-bond acceptors (Lipinski definition) is 5. The summed E-state index contributed by atoms with van der Waals surface area (Å²) in [5, 5.41) is 9.62. The van der Waals surface area contributed by atoms with Crippen LogP contribution in [0.2, 0.25) is 0 Å². The molecule has 8 heteroatoms. The number of nitrogens with one attached hydrogen (secondary N) is 2. The molecule has 1 aromatic carbocycles. The fourth-order valence-electron chi connectivity index (χ4n) is 2.47. The van der Waals surface area contributed by atoms with Crippen LogP contribution in [0.15, 0.2) is 42.7 Å². The summed E-state index contributed by atoms with van der Waals surface area (Å²) >= 11 is 0. The van der Waals surface area contributed by atoms with Gasteiger partial charge in [0, 0.05) is 11.3 Å². The smallest absolute Gasteiger partial charge is 0.251 e. The lowest BCUT2D eigenvalue weighted by atomic mass is 10.2. The van der Waals surface area contributed by atoms with Crippen LogP contribution < -0.4 is 10.6 Å². The molecular formula is C19H20N6O2. The van der Waals surface area contributed by atoms with Crippen molar-refractivity contribution in [3.63, 3.8) is 0 Å². The average Bonchev–Trinajstić information content (AvgIpc) is 2.95. The number of aromatic nitrogens is 4. The third-order valence-corrected chi connectivity index (χ3v) is 4.21. The second-order valence-corrected chi connectivity index (χ2v) is 6.08. The molecule has 0 radical (unpaired) electrons. The molecule has 0 bridgehead atoms. The second-order valence-electron chi connectivity index (χ2n) is 6.08. The SMILES string of the molecule is Cc1nn(-c2ncc(NC(=O)CNC(=O)c3ccccc3)cn2)c(C)c1C. The minimum absolute atomic E-state index is 0.147. The van der Waals surface area contributed by atoms with Crippen molar-refractivity contribution in [2.24, 2.45) is 0 Å². The van der Waals surface area contributed by atoms with Crippen molar-refractivity contribution in [1.29, 1.82) is 0 Å². The standard InChI is InChI=1S/C19H20N6O2/c1-12-13(2)24-25(14(12)3)19-21-9-16(10-22-19)23-17(26)11-20-18(27)15-7-5-4-6-8-15/h4-10H,11H2,1-3H3,(H,20,27)(H,23,26). The first-order valence-electron chi connectivity index (χ1n) is 8.44. The normalized spacial score (nSPS) is 10.5. The Morgan fingerprint density at radius 2 is 1.70 bits per heavy atom. The van der Waals surface area contributed by atoms with Gasteiger partial charge in [0.25, 0.3) is 11.9 Å². The fourth-order valence-corrected chi connectivity index (χ4v) is 2.47. The van der Waals surface area contributed by atoms with Gasteiger partial charge >= 0.3 is 0 Å². The van der Waals surface area contributed by atoms with Crippen molar-refractivity contribution in [2.75, 3.05) is 11.9 Å². The van der Waals surface area contributed by atoms with E-state index in [1.54, 1.807) is 28.9 Å². The molecule has 2 N–H and O–H groups in total. The second kappa shape index (κ2) is 7.77. The van der Waals surface area contributed by atoms with Crippen LogP contribution in [0.25, 0.3) is 5.95 Å². The Morgan fingerprint density at radius 3 is 2.30 bits per heavy atom. The van der Waals surface area contributed by atoms with Gasteiger partial charge in [0.1, 0.15) is 0 Å². The van der Waals surface area contributed by atoms with Crippen molar-refractivity contribution in [2.45, 2.75) is 20.8 Å². The quantitative estimate of drug-likeness (QED) is 0.720. The predicted octanol–water partition coefficient (Wildman–Crippen LogP) is 1.96. The van der Waals surface area contributed by atoms with Gasteiger partial charge in [0.2, 0.25) is 5.91 Å². The van der Waals surface area contributed by atoms with Crippen molar-refractivity contribution < 1.29 is 9.59 Å². The first-order chi connectivity index (χ1) is 13.0. The highest BCUT2D eigenvalue weighted by Gasteiger charge is 2.12. The van der Waals surface area contributed by atoms with Crippen molar-refractivity contribution in [3.8, 4) is 5.95 Å². The van der Waals surface area contributed by atoms with E-state index in [1.165, 1.54) is 12.4 Å². The molecule has 0 aliphatic rings. The molecule has 0 saturated heterocycles. The summed E-state index contributed by atoms with van der Waals surface area (Å²) in [5.74, 6) is -0.242. The lowest BCUT2D eigenvalue weighted by Crippen LogP contribution is -2.32. The van der Waals surface area contributed by atoms with Crippen LogP contribution in [0.3, 0.4) is 0 Å². The van der Waals surface area contributed by atoms with Gasteiger partial charge in [-0.2, -0.15) is 5.10 Å². The lowest BCUT2D eigenvalue weighted by Gasteiger charge is -2.07. The zero-order valence-electron chi connectivity index (χ0n) is 15.4. The van der Waals surface area contributed by atoms with E-state index in [0.717, 1.165) is 17.0 Å². The molecule has 8 nitrogen and oxygen atoms in total. The Kier molecular flexibility index (Phi) is 5.25. The number of rotatable bonds is 5. The number of hydrogen-bond donors (Lipinski definition) is 2. The van der Waals surface area contributed by atoms with Crippen molar-refractivity contribution in [3.05, 3.63) is 65.2 Å². The summed E-state index contributed by atoms with van der Waals surface area (Å²) in [6.45, 7) is 5.72. The molecule has 3 aromatic rings. The van der Waals surface area contributed by atoms with E-state index in [0.29, 0.717) is 17.2 Å². The van der Waals surface area contributed by atoms with Gasteiger partial charge in [-0.1, -0.05) is 18.2 Å². The van der Waals surface area contributed by atoms with Crippen LogP contribution in [-0.2, 0) is 4.79 Å². The number of benzene rings is 1. The molecular weight excluding hydrogens is 344 g/mol. The molecule has 0 aliphatic heterocycles. The number of carbonyl (C=O) groups is 2. The highest BCUT2D eigenvalue weighted by molar-refractivity contribution is 5.99. The zero-order valence-corrected chi connectivity index (χ0v) is 15.4. The van der Waals surface area contributed by atoms with Gasteiger partial charge in [-0.3, -0.25) is 9.59 Å².